The van der Waals surface area contributed by atoms with Crippen LogP contribution in [0.15, 0.2) is 39.7 Å². The zero-order chi connectivity index (χ0) is 18.7. The quantitative estimate of drug-likeness (QED) is 0.735. The molecule has 0 spiro atoms. The number of piperidine rings is 1. The fourth-order valence-corrected chi connectivity index (χ4v) is 3.47. The lowest BCUT2D eigenvalue weighted by atomic mass is 9.96. The van der Waals surface area contributed by atoms with Gasteiger partial charge in [0.1, 0.15) is 12.0 Å². The number of aromatic nitrogens is 1. The molecule has 3 heterocycles. The average Bonchev–Trinajstić information content (AvgIpc) is 3.28. The van der Waals surface area contributed by atoms with E-state index in [-0.39, 0.29) is 23.6 Å². The molecule has 0 bridgehead atoms. The zero-order valence-electron chi connectivity index (χ0n) is 14.2. The van der Waals surface area contributed by atoms with Crippen molar-refractivity contribution in [2.24, 2.45) is 13.0 Å². The van der Waals surface area contributed by atoms with Crippen molar-refractivity contribution in [3.63, 3.8) is 0 Å². The largest absolute Gasteiger partial charge is 0.472 e. The van der Waals surface area contributed by atoms with Gasteiger partial charge in [0.25, 0.3) is 11.8 Å². The smallest absolute Gasteiger partial charge is 0.286 e. The third kappa shape index (κ3) is 3.98. The molecule has 1 aliphatic heterocycles. The molecule has 2 aromatic heterocycles. The van der Waals surface area contributed by atoms with Crippen molar-refractivity contribution in [3.05, 3.63) is 46.6 Å². The molecule has 138 valence electrons. The number of halogens is 1. The van der Waals surface area contributed by atoms with Crippen molar-refractivity contribution in [1.82, 2.24) is 20.3 Å². The number of amides is 3. The van der Waals surface area contributed by atoms with E-state index in [1.807, 2.05) is 0 Å². The standard InChI is InChI=1S/C17H19BrN4O4/c1-21-9-13(18)8-14(21)16(24)20-19-15(23)11-2-5-22(6-3-11)17(25)12-4-7-26-10-12/h4,7-11H,2-3,5-6H2,1H3,(H,19,23)(H,20,24). The minimum absolute atomic E-state index is 0.0970. The van der Waals surface area contributed by atoms with Crippen LogP contribution in [0.2, 0.25) is 0 Å². The zero-order valence-corrected chi connectivity index (χ0v) is 15.8. The SMILES string of the molecule is Cn1cc(Br)cc1C(=O)NNC(=O)C1CCN(C(=O)c2ccoc2)CC1. The second-order valence-electron chi connectivity index (χ2n) is 6.18. The number of nitrogens with zero attached hydrogens (tertiary/aromatic N) is 2. The Morgan fingerprint density at radius 3 is 2.54 bits per heavy atom. The third-order valence-electron chi connectivity index (χ3n) is 4.42. The fraction of sp³-hybridized carbons (Fsp3) is 0.353. The molecule has 0 aliphatic carbocycles. The summed E-state index contributed by atoms with van der Waals surface area (Å²) in [5.74, 6) is -0.981. The molecular formula is C17H19BrN4O4. The van der Waals surface area contributed by atoms with Crippen LogP contribution in [0.5, 0.6) is 0 Å². The van der Waals surface area contributed by atoms with Crippen molar-refractivity contribution in [1.29, 1.82) is 0 Å². The van der Waals surface area contributed by atoms with Gasteiger partial charge in [-0.3, -0.25) is 25.2 Å². The Balaban J connectivity index is 1.47. The minimum Gasteiger partial charge on any atom is -0.472 e. The number of hydrazine groups is 1. The normalized spacial score (nSPS) is 14.9. The Morgan fingerprint density at radius 1 is 1.23 bits per heavy atom. The van der Waals surface area contributed by atoms with Gasteiger partial charge < -0.3 is 13.9 Å². The summed E-state index contributed by atoms with van der Waals surface area (Å²) in [5, 5.41) is 0. The molecule has 9 heteroatoms. The van der Waals surface area contributed by atoms with Crippen molar-refractivity contribution < 1.29 is 18.8 Å². The van der Waals surface area contributed by atoms with E-state index in [0.29, 0.717) is 37.2 Å². The summed E-state index contributed by atoms with van der Waals surface area (Å²) in [6.07, 6.45) is 5.71. The van der Waals surface area contributed by atoms with E-state index in [4.69, 9.17) is 4.42 Å². The number of carbonyl (C=O) groups is 3. The van der Waals surface area contributed by atoms with E-state index in [9.17, 15) is 14.4 Å². The van der Waals surface area contributed by atoms with Gasteiger partial charge in [-0.05, 0) is 40.9 Å². The van der Waals surface area contributed by atoms with Gasteiger partial charge in [-0.1, -0.05) is 0 Å². The second kappa shape index (κ2) is 7.77. The second-order valence-corrected chi connectivity index (χ2v) is 7.09. The van der Waals surface area contributed by atoms with Gasteiger partial charge in [0.05, 0.1) is 11.8 Å². The number of carbonyl (C=O) groups excluding carboxylic acids is 3. The summed E-state index contributed by atoms with van der Waals surface area (Å²) in [6.45, 7) is 0.974. The highest BCUT2D eigenvalue weighted by Gasteiger charge is 2.28. The fourth-order valence-electron chi connectivity index (χ4n) is 2.95. The molecule has 3 amide bonds. The lowest BCUT2D eigenvalue weighted by molar-refractivity contribution is -0.127. The first-order valence-electron chi connectivity index (χ1n) is 8.19. The number of nitrogens with one attached hydrogen (secondary N) is 2. The molecule has 0 unspecified atom stereocenters. The molecule has 0 atom stereocenters. The maximum absolute atomic E-state index is 12.3. The number of aryl methyl sites for hydroxylation is 1. The van der Waals surface area contributed by atoms with Crippen LogP contribution in [0, 0.1) is 5.92 Å². The van der Waals surface area contributed by atoms with Crippen molar-refractivity contribution in [2.75, 3.05) is 13.1 Å². The topological polar surface area (TPSA) is 96.6 Å². The van der Waals surface area contributed by atoms with Crippen molar-refractivity contribution in [2.45, 2.75) is 12.8 Å². The van der Waals surface area contributed by atoms with E-state index in [0.717, 1.165) is 4.47 Å². The van der Waals surface area contributed by atoms with Crippen molar-refractivity contribution in [3.8, 4) is 0 Å². The first-order chi connectivity index (χ1) is 12.5. The van der Waals surface area contributed by atoms with Gasteiger partial charge in [-0.15, -0.1) is 0 Å². The van der Waals surface area contributed by atoms with Crippen LogP contribution in [0.4, 0.5) is 0 Å². The van der Waals surface area contributed by atoms with Crippen LogP contribution in [0.1, 0.15) is 33.7 Å². The Morgan fingerprint density at radius 2 is 1.96 bits per heavy atom. The van der Waals surface area contributed by atoms with Gasteiger partial charge >= 0.3 is 0 Å². The van der Waals surface area contributed by atoms with E-state index >= 15 is 0 Å². The first-order valence-corrected chi connectivity index (χ1v) is 8.98. The van der Waals surface area contributed by atoms with Gasteiger partial charge in [0, 0.05) is 36.7 Å². The highest BCUT2D eigenvalue weighted by atomic mass is 79.9. The highest BCUT2D eigenvalue weighted by Crippen LogP contribution is 2.19. The predicted octanol–water partition coefficient (Wildman–Crippen LogP) is 1.69. The van der Waals surface area contributed by atoms with Crippen molar-refractivity contribution >= 4 is 33.7 Å². The summed E-state index contributed by atoms with van der Waals surface area (Å²) in [5.41, 5.74) is 5.84. The molecule has 2 N–H and O–H groups in total. The third-order valence-corrected chi connectivity index (χ3v) is 4.86. The molecule has 8 nitrogen and oxygen atoms in total. The maximum Gasteiger partial charge on any atom is 0.286 e. The van der Waals surface area contributed by atoms with Crippen LogP contribution in [-0.4, -0.2) is 40.3 Å². The molecule has 1 fully saturated rings. The van der Waals surface area contributed by atoms with E-state index in [2.05, 4.69) is 26.8 Å². The monoisotopic (exact) mass is 422 g/mol. The first kappa shape index (κ1) is 18.2. The van der Waals surface area contributed by atoms with E-state index < -0.39 is 0 Å². The predicted molar refractivity (Wildman–Crippen MR) is 96.1 cm³/mol. The van der Waals surface area contributed by atoms with Gasteiger partial charge in [0.15, 0.2) is 0 Å². The van der Waals surface area contributed by atoms with Gasteiger partial charge in [-0.25, -0.2) is 0 Å². The lowest BCUT2D eigenvalue weighted by Crippen LogP contribution is -2.48. The summed E-state index contributed by atoms with van der Waals surface area (Å²) in [4.78, 5) is 38.3. The van der Waals surface area contributed by atoms with Crippen LogP contribution < -0.4 is 10.9 Å². The summed E-state index contributed by atoms with van der Waals surface area (Å²) in [6, 6.07) is 3.29. The summed E-state index contributed by atoms with van der Waals surface area (Å²) in [7, 11) is 1.74. The number of rotatable bonds is 3. The van der Waals surface area contributed by atoms with E-state index in [1.165, 1.54) is 12.5 Å². The Bertz CT molecular complexity index is 807. The maximum atomic E-state index is 12.3. The molecular weight excluding hydrogens is 404 g/mol. The molecule has 0 saturated carbocycles. The van der Waals surface area contributed by atoms with E-state index in [1.54, 1.807) is 34.8 Å². The van der Waals surface area contributed by atoms with Crippen LogP contribution >= 0.6 is 15.9 Å². The van der Waals surface area contributed by atoms with Crippen LogP contribution in [0.25, 0.3) is 0 Å². The number of furan rings is 1. The highest BCUT2D eigenvalue weighted by molar-refractivity contribution is 9.10. The van der Waals surface area contributed by atoms with Gasteiger partial charge in [0.2, 0.25) is 5.91 Å². The summed E-state index contributed by atoms with van der Waals surface area (Å²) < 4.78 is 7.37. The summed E-state index contributed by atoms with van der Waals surface area (Å²) >= 11 is 3.30. The Hall–Kier alpha value is -2.55. The average molecular weight is 423 g/mol. The number of likely N-dealkylation sites (tertiary alicyclic amines) is 1. The molecule has 2 aromatic rings. The Labute approximate surface area is 158 Å². The lowest BCUT2D eigenvalue weighted by Gasteiger charge is -2.31. The van der Waals surface area contributed by atoms with Crippen LogP contribution in [-0.2, 0) is 11.8 Å². The number of hydrogen-bond acceptors (Lipinski definition) is 4. The molecule has 0 radical (unpaired) electrons. The van der Waals surface area contributed by atoms with Gasteiger partial charge in [-0.2, -0.15) is 0 Å². The molecule has 1 saturated heterocycles. The Kier molecular flexibility index (Phi) is 5.46. The molecule has 0 aromatic carbocycles. The molecule has 3 rings (SSSR count). The molecule has 1 aliphatic rings. The van der Waals surface area contributed by atoms with Crippen LogP contribution in [0.3, 0.4) is 0 Å². The minimum atomic E-state index is -0.390. The number of hydrogen-bond donors (Lipinski definition) is 2. The molecule has 26 heavy (non-hydrogen) atoms.